The first-order valence-electron chi connectivity index (χ1n) is 6.24. The zero-order valence-electron chi connectivity index (χ0n) is 12.3. The molecule has 0 aliphatic carbocycles. The molecule has 120 valence electrons. The summed E-state index contributed by atoms with van der Waals surface area (Å²) in [5.74, 6) is -0.332. The second-order valence-electron chi connectivity index (χ2n) is 5.44. The molecule has 0 aliphatic rings. The zero-order valence-corrected chi connectivity index (χ0v) is 14.0. The maximum Gasteiger partial charge on any atom is 0.241 e. The summed E-state index contributed by atoms with van der Waals surface area (Å²) in [6.45, 7) is 5.29. The standard InChI is InChI=1S/C13H21N3O3S.ClH/c1-13(2,3)16-20(18,19)11-7-5-4-6-10(11)9-15-12(17)8-14;/h4-7,16H,8-9,14H2,1-3H3,(H,15,17);1H. The molecule has 0 bridgehead atoms. The van der Waals surface area contributed by atoms with Crippen LogP contribution in [0.25, 0.3) is 0 Å². The van der Waals surface area contributed by atoms with E-state index in [0.717, 1.165) is 0 Å². The largest absolute Gasteiger partial charge is 0.351 e. The molecule has 1 amide bonds. The van der Waals surface area contributed by atoms with Gasteiger partial charge in [-0.15, -0.1) is 12.4 Å². The number of nitrogens with two attached hydrogens (primary N) is 1. The highest BCUT2D eigenvalue weighted by molar-refractivity contribution is 7.89. The van der Waals surface area contributed by atoms with Crippen LogP contribution in [0.3, 0.4) is 0 Å². The van der Waals surface area contributed by atoms with Crippen molar-refractivity contribution in [1.82, 2.24) is 10.0 Å². The second-order valence-corrected chi connectivity index (χ2v) is 7.09. The molecule has 21 heavy (non-hydrogen) atoms. The van der Waals surface area contributed by atoms with Crippen molar-refractivity contribution in [2.45, 2.75) is 37.8 Å². The van der Waals surface area contributed by atoms with E-state index in [1.165, 1.54) is 6.07 Å². The molecule has 0 aliphatic heterocycles. The van der Waals surface area contributed by atoms with Gasteiger partial charge in [-0.05, 0) is 32.4 Å². The number of sulfonamides is 1. The summed E-state index contributed by atoms with van der Waals surface area (Å²) in [4.78, 5) is 11.3. The van der Waals surface area contributed by atoms with Gasteiger partial charge < -0.3 is 11.1 Å². The lowest BCUT2D eigenvalue weighted by Crippen LogP contribution is -2.41. The first kappa shape index (κ1) is 19.9. The monoisotopic (exact) mass is 335 g/mol. The van der Waals surface area contributed by atoms with Gasteiger partial charge in [-0.25, -0.2) is 13.1 Å². The summed E-state index contributed by atoms with van der Waals surface area (Å²) >= 11 is 0. The fraction of sp³-hybridized carbons (Fsp3) is 0.462. The van der Waals surface area contributed by atoms with E-state index in [0.29, 0.717) is 5.56 Å². The van der Waals surface area contributed by atoms with Crippen LogP contribution in [-0.2, 0) is 21.4 Å². The van der Waals surface area contributed by atoms with Gasteiger partial charge >= 0.3 is 0 Å². The van der Waals surface area contributed by atoms with Crippen LogP contribution in [0.1, 0.15) is 26.3 Å². The Morgan fingerprint density at radius 2 is 1.81 bits per heavy atom. The third kappa shape index (κ3) is 6.43. The smallest absolute Gasteiger partial charge is 0.241 e. The number of hydrogen-bond acceptors (Lipinski definition) is 4. The topological polar surface area (TPSA) is 101 Å². The number of rotatable bonds is 5. The third-order valence-electron chi connectivity index (χ3n) is 2.36. The molecule has 0 saturated heterocycles. The van der Waals surface area contributed by atoms with E-state index in [-0.39, 0.29) is 36.3 Å². The molecule has 0 unspecified atom stereocenters. The van der Waals surface area contributed by atoms with Gasteiger partial charge in [0, 0.05) is 12.1 Å². The van der Waals surface area contributed by atoms with E-state index in [1.54, 1.807) is 39.0 Å². The molecule has 0 atom stereocenters. The van der Waals surface area contributed by atoms with Gasteiger partial charge in [0.05, 0.1) is 11.4 Å². The van der Waals surface area contributed by atoms with Gasteiger partial charge in [0.25, 0.3) is 0 Å². The summed E-state index contributed by atoms with van der Waals surface area (Å²) in [6.07, 6.45) is 0. The summed E-state index contributed by atoms with van der Waals surface area (Å²) in [5.41, 5.74) is 5.14. The molecular weight excluding hydrogens is 314 g/mol. The molecule has 6 nitrogen and oxygen atoms in total. The molecule has 0 fully saturated rings. The Morgan fingerprint density at radius 1 is 1.24 bits per heavy atom. The van der Waals surface area contributed by atoms with Crippen LogP contribution in [0.2, 0.25) is 0 Å². The van der Waals surface area contributed by atoms with Crippen molar-refractivity contribution >= 4 is 28.3 Å². The molecule has 0 spiro atoms. The Morgan fingerprint density at radius 3 is 2.33 bits per heavy atom. The van der Waals surface area contributed by atoms with Crippen LogP contribution in [0.5, 0.6) is 0 Å². The highest BCUT2D eigenvalue weighted by atomic mass is 35.5. The number of carbonyl (C=O) groups is 1. The normalized spacial score (nSPS) is 11.6. The van der Waals surface area contributed by atoms with Crippen LogP contribution < -0.4 is 15.8 Å². The van der Waals surface area contributed by atoms with Crippen LogP contribution >= 0.6 is 12.4 Å². The second kappa shape index (κ2) is 7.74. The fourth-order valence-electron chi connectivity index (χ4n) is 1.64. The Bertz CT molecular complexity index is 583. The number of carbonyl (C=O) groups excluding carboxylic acids is 1. The maximum absolute atomic E-state index is 12.3. The van der Waals surface area contributed by atoms with Crippen molar-refractivity contribution in [1.29, 1.82) is 0 Å². The van der Waals surface area contributed by atoms with Gasteiger partial charge in [-0.3, -0.25) is 4.79 Å². The molecule has 0 aromatic heterocycles. The molecule has 1 rings (SSSR count). The lowest BCUT2D eigenvalue weighted by atomic mass is 10.1. The predicted molar refractivity (Wildman–Crippen MR) is 84.7 cm³/mol. The molecule has 4 N–H and O–H groups in total. The zero-order chi connectivity index (χ0) is 15.4. The number of hydrogen-bond donors (Lipinski definition) is 3. The van der Waals surface area contributed by atoms with Gasteiger partial charge in [-0.1, -0.05) is 18.2 Å². The first-order valence-corrected chi connectivity index (χ1v) is 7.73. The number of halogens is 1. The van der Waals surface area contributed by atoms with Crippen molar-refractivity contribution < 1.29 is 13.2 Å². The lowest BCUT2D eigenvalue weighted by Gasteiger charge is -2.21. The van der Waals surface area contributed by atoms with Crippen molar-refractivity contribution in [3.63, 3.8) is 0 Å². The van der Waals surface area contributed by atoms with Crippen LogP contribution in [-0.4, -0.2) is 26.4 Å². The minimum absolute atomic E-state index is 0. The average molecular weight is 336 g/mol. The molecular formula is C13H22ClN3O3S. The fourth-order valence-corrected chi connectivity index (χ4v) is 3.30. The van der Waals surface area contributed by atoms with Crippen molar-refractivity contribution in [2.75, 3.05) is 6.54 Å². The number of nitrogens with one attached hydrogen (secondary N) is 2. The van der Waals surface area contributed by atoms with Crippen LogP contribution in [0.15, 0.2) is 29.2 Å². The van der Waals surface area contributed by atoms with Crippen molar-refractivity contribution in [3.8, 4) is 0 Å². The highest BCUT2D eigenvalue weighted by Gasteiger charge is 2.24. The number of amides is 1. The van der Waals surface area contributed by atoms with Crippen molar-refractivity contribution in [2.24, 2.45) is 5.73 Å². The molecule has 0 saturated carbocycles. The minimum Gasteiger partial charge on any atom is -0.351 e. The van der Waals surface area contributed by atoms with E-state index >= 15 is 0 Å². The highest BCUT2D eigenvalue weighted by Crippen LogP contribution is 2.17. The van der Waals surface area contributed by atoms with Gasteiger partial charge in [-0.2, -0.15) is 0 Å². The van der Waals surface area contributed by atoms with Gasteiger partial charge in [0.2, 0.25) is 15.9 Å². The lowest BCUT2D eigenvalue weighted by molar-refractivity contribution is -0.119. The van der Waals surface area contributed by atoms with Gasteiger partial charge in [0.15, 0.2) is 0 Å². The third-order valence-corrected chi connectivity index (χ3v) is 4.22. The maximum atomic E-state index is 12.3. The Hall–Kier alpha value is -1.15. The first-order chi connectivity index (χ1) is 9.15. The van der Waals surface area contributed by atoms with Crippen LogP contribution in [0, 0.1) is 0 Å². The van der Waals surface area contributed by atoms with E-state index in [4.69, 9.17) is 5.73 Å². The molecule has 8 heteroatoms. The molecule has 1 aromatic rings. The van der Waals surface area contributed by atoms with E-state index in [1.807, 2.05) is 0 Å². The predicted octanol–water partition coefficient (Wildman–Crippen LogP) is 0.760. The average Bonchev–Trinajstić information content (AvgIpc) is 2.33. The molecule has 1 aromatic carbocycles. The summed E-state index contributed by atoms with van der Waals surface area (Å²) < 4.78 is 27.3. The molecule has 0 radical (unpaired) electrons. The SMILES string of the molecule is CC(C)(C)NS(=O)(=O)c1ccccc1CNC(=O)CN.Cl. The van der Waals surface area contributed by atoms with Gasteiger partial charge in [0.1, 0.15) is 0 Å². The summed E-state index contributed by atoms with van der Waals surface area (Å²) in [7, 11) is -3.64. The Balaban J connectivity index is 0.00000400. The van der Waals surface area contributed by atoms with Crippen LogP contribution in [0.4, 0.5) is 0 Å². The van der Waals surface area contributed by atoms with E-state index in [9.17, 15) is 13.2 Å². The Labute approximate surface area is 132 Å². The minimum atomic E-state index is -3.64. The van der Waals surface area contributed by atoms with Crippen molar-refractivity contribution in [3.05, 3.63) is 29.8 Å². The summed E-state index contributed by atoms with van der Waals surface area (Å²) in [5, 5.41) is 2.57. The summed E-state index contributed by atoms with van der Waals surface area (Å²) in [6, 6.07) is 6.54. The van der Waals surface area contributed by atoms with E-state index in [2.05, 4.69) is 10.0 Å². The van der Waals surface area contributed by atoms with E-state index < -0.39 is 15.6 Å². The Kier molecular flexibility index (Phi) is 7.32. The number of benzene rings is 1. The molecule has 0 heterocycles. The quantitative estimate of drug-likeness (QED) is 0.739.